The number of hydrogen-bond acceptors (Lipinski definition) is 5. The topological polar surface area (TPSA) is 88.1 Å². The minimum Gasteiger partial charge on any atom is -0.493 e. The Labute approximate surface area is 233 Å². The molecule has 5 rings (SSSR count). The third-order valence-corrected chi connectivity index (χ3v) is 7.37. The molecule has 1 amide bonds. The Morgan fingerprint density at radius 3 is 2.50 bits per heavy atom. The third kappa shape index (κ3) is 5.88. The van der Waals surface area contributed by atoms with Crippen LogP contribution < -0.4 is 19.7 Å². The number of carbonyl (C=O) groups excluding carboxylic acids is 1. The average Bonchev–Trinajstić information content (AvgIpc) is 2.94. The lowest BCUT2D eigenvalue weighted by Crippen LogP contribution is -2.46. The number of rotatable bonds is 6. The molecule has 3 aromatic rings. The quantitative estimate of drug-likeness (QED) is 0.349. The van der Waals surface area contributed by atoms with Crippen molar-refractivity contribution in [2.24, 2.45) is 0 Å². The summed E-state index contributed by atoms with van der Waals surface area (Å²) in [6.45, 7) is 1.54. The van der Waals surface area contributed by atoms with Gasteiger partial charge in [0.05, 0.1) is 23.1 Å². The van der Waals surface area contributed by atoms with Gasteiger partial charge in [0.15, 0.2) is 0 Å². The summed E-state index contributed by atoms with van der Waals surface area (Å²) in [5, 5.41) is 12.8. The van der Waals surface area contributed by atoms with E-state index in [0.29, 0.717) is 49.4 Å². The van der Waals surface area contributed by atoms with E-state index < -0.39 is 29.5 Å². The second-order valence-corrected chi connectivity index (χ2v) is 10.1. The number of aliphatic carboxylic acids is 1. The van der Waals surface area contributed by atoms with Gasteiger partial charge >= 0.3 is 12.1 Å². The number of fused-ring (bicyclic) bond motifs is 1. The molecule has 1 atom stereocenters. The van der Waals surface area contributed by atoms with Gasteiger partial charge < -0.3 is 24.8 Å². The number of ether oxygens (including phenoxy) is 2. The molecule has 0 aromatic heterocycles. The zero-order valence-electron chi connectivity index (χ0n) is 21.2. The first-order valence-electron chi connectivity index (χ1n) is 12.8. The van der Waals surface area contributed by atoms with Crippen molar-refractivity contribution in [1.29, 1.82) is 0 Å². The summed E-state index contributed by atoms with van der Waals surface area (Å²) in [6, 6.07) is 13.8. The van der Waals surface area contributed by atoms with Crippen molar-refractivity contribution in [3.63, 3.8) is 0 Å². The van der Waals surface area contributed by atoms with Gasteiger partial charge in [-0.2, -0.15) is 13.2 Å². The first-order chi connectivity index (χ1) is 19.1. The highest BCUT2D eigenvalue weighted by atomic mass is 35.5. The monoisotopic (exact) mass is 574 g/mol. The number of halogens is 4. The van der Waals surface area contributed by atoms with E-state index in [0.717, 1.165) is 12.1 Å². The minimum atomic E-state index is -4.54. The predicted octanol–water partition coefficient (Wildman–Crippen LogP) is 6.50. The third-order valence-electron chi connectivity index (χ3n) is 7.07. The number of amides is 1. The van der Waals surface area contributed by atoms with Crippen LogP contribution >= 0.6 is 11.6 Å². The van der Waals surface area contributed by atoms with E-state index >= 15 is 0 Å². The van der Waals surface area contributed by atoms with Crippen LogP contribution in [0, 0.1) is 0 Å². The molecule has 1 fully saturated rings. The normalized spacial score (nSPS) is 17.4. The smallest absolute Gasteiger partial charge is 0.416 e. The largest absolute Gasteiger partial charge is 0.493 e. The lowest BCUT2D eigenvalue weighted by atomic mass is 9.93. The molecular weight excluding hydrogens is 549 g/mol. The van der Waals surface area contributed by atoms with Crippen molar-refractivity contribution < 1.29 is 37.3 Å². The van der Waals surface area contributed by atoms with Crippen LogP contribution in [0.25, 0.3) is 0 Å². The molecule has 0 aliphatic carbocycles. The van der Waals surface area contributed by atoms with Gasteiger partial charge in [0.2, 0.25) is 0 Å². The van der Waals surface area contributed by atoms with E-state index in [2.05, 4.69) is 5.32 Å². The average molecular weight is 575 g/mol. The molecule has 7 nitrogen and oxygen atoms in total. The summed E-state index contributed by atoms with van der Waals surface area (Å²) in [5.74, 6) is -1.03. The van der Waals surface area contributed by atoms with Crippen LogP contribution in [0.5, 0.6) is 17.2 Å². The summed E-state index contributed by atoms with van der Waals surface area (Å²) in [6.07, 6.45) is -3.00. The predicted molar refractivity (Wildman–Crippen MR) is 143 cm³/mol. The van der Waals surface area contributed by atoms with Gasteiger partial charge in [-0.25, -0.2) is 0 Å². The highest BCUT2D eigenvalue weighted by molar-refractivity contribution is 6.32. The zero-order chi connectivity index (χ0) is 28.4. The SMILES string of the molecule is O=C(O)C1CCOc2cc(Oc3ccc(C(=O)N(c4cccc(C(F)(F)F)c4)C4CCNCC4)cc3Cl)ccc21. The van der Waals surface area contributed by atoms with Crippen LogP contribution in [0.4, 0.5) is 18.9 Å². The van der Waals surface area contributed by atoms with Gasteiger partial charge in [0.25, 0.3) is 5.91 Å². The molecule has 2 aliphatic heterocycles. The number of alkyl halides is 3. The first kappa shape index (κ1) is 27.8. The van der Waals surface area contributed by atoms with E-state index in [4.69, 9.17) is 21.1 Å². The number of carboxylic acids is 1. The Hall–Kier alpha value is -3.76. The molecule has 0 spiro atoms. The summed E-state index contributed by atoms with van der Waals surface area (Å²) in [5.41, 5.74) is 0.0937. The molecule has 2 aliphatic rings. The molecule has 0 bridgehead atoms. The Bertz CT molecular complexity index is 1430. The molecule has 0 radical (unpaired) electrons. The number of nitrogens with one attached hydrogen (secondary N) is 1. The van der Waals surface area contributed by atoms with Crippen molar-refractivity contribution in [3.8, 4) is 17.2 Å². The van der Waals surface area contributed by atoms with Crippen molar-refractivity contribution in [1.82, 2.24) is 5.32 Å². The van der Waals surface area contributed by atoms with Gasteiger partial charge in [-0.05, 0) is 74.8 Å². The highest BCUT2D eigenvalue weighted by Crippen LogP contribution is 2.39. The lowest BCUT2D eigenvalue weighted by molar-refractivity contribution is -0.139. The van der Waals surface area contributed by atoms with E-state index in [-0.39, 0.29) is 34.7 Å². The molecule has 0 saturated carbocycles. The molecule has 40 heavy (non-hydrogen) atoms. The van der Waals surface area contributed by atoms with Crippen LogP contribution in [-0.2, 0) is 11.0 Å². The minimum absolute atomic E-state index is 0.127. The fourth-order valence-corrected chi connectivity index (χ4v) is 5.28. The van der Waals surface area contributed by atoms with Crippen LogP contribution in [0.15, 0.2) is 60.7 Å². The maximum Gasteiger partial charge on any atom is 0.416 e. The van der Waals surface area contributed by atoms with E-state index in [9.17, 15) is 27.9 Å². The number of carboxylic acid groups (broad SMARTS) is 1. The summed E-state index contributed by atoms with van der Waals surface area (Å²) in [4.78, 5) is 26.7. The second-order valence-electron chi connectivity index (χ2n) is 9.68. The Morgan fingerprint density at radius 2 is 1.80 bits per heavy atom. The number of carbonyl (C=O) groups is 2. The van der Waals surface area contributed by atoms with Gasteiger partial charge in [-0.3, -0.25) is 9.59 Å². The Kier molecular flexibility index (Phi) is 7.91. The van der Waals surface area contributed by atoms with Gasteiger partial charge in [-0.1, -0.05) is 23.7 Å². The number of hydrogen-bond donors (Lipinski definition) is 2. The molecule has 1 unspecified atom stereocenters. The van der Waals surface area contributed by atoms with Gasteiger partial charge in [0, 0.05) is 28.9 Å². The molecule has 3 aromatic carbocycles. The first-order valence-corrected chi connectivity index (χ1v) is 13.2. The molecule has 1 saturated heterocycles. The maximum atomic E-state index is 13.7. The summed E-state index contributed by atoms with van der Waals surface area (Å²) < 4.78 is 51.8. The maximum absolute atomic E-state index is 13.7. The molecule has 2 N–H and O–H groups in total. The van der Waals surface area contributed by atoms with Crippen molar-refractivity contribution >= 4 is 29.2 Å². The Balaban J connectivity index is 1.41. The number of anilines is 1. The van der Waals surface area contributed by atoms with Crippen LogP contribution in [-0.4, -0.2) is 42.7 Å². The summed E-state index contributed by atoms with van der Waals surface area (Å²) in [7, 11) is 0. The number of nitrogens with zero attached hydrogens (tertiary/aromatic N) is 1. The lowest BCUT2D eigenvalue weighted by Gasteiger charge is -2.35. The van der Waals surface area contributed by atoms with E-state index in [1.807, 2.05) is 0 Å². The van der Waals surface area contributed by atoms with Crippen LogP contribution in [0.2, 0.25) is 5.02 Å². The van der Waals surface area contributed by atoms with E-state index in [1.165, 1.54) is 35.2 Å². The molecule has 2 heterocycles. The highest BCUT2D eigenvalue weighted by Gasteiger charge is 2.34. The fourth-order valence-electron chi connectivity index (χ4n) is 5.06. The number of piperidine rings is 1. The molecule has 210 valence electrons. The van der Waals surface area contributed by atoms with Gasteiger partial charge in [-0.15, -0.1) is 0 Å². The number of benzene rings is 3. The van der Waals surface area contributed by atoms with Crippen molar-refractivity contribution in [2.75, 3.05) is 24.6 Å². The summed E-state index contributed by atoms with van der Waals surface area (Å²) >= 11 is 6.49. The standard InChI is InChI=1S/C29H26ClF3N2O5/c30-24-14-17(4-7-25(24)40-21-5-6-22-23(28(37)38)10-13-39-26(22)16-21)27(36)35(19-8-11-34-12-9-19)20-3-1-2-18(15-20)29(31,32)33/h1-7,14-16,19,23,34H,8-13H2,(H,37,38). The zero-order valence-corrected chi connectivity index (χ0v) is 22.0. The van der Waals surface area contributed by atoms with Gasteiger partial charge in [0.1, 0.15) is 17.2 Å². The second kappa shape index (κ2) is 11.4. The van der Waals surface area contributed by atoms with Crippen LogP contribution in [0.1, 0.15) is 46.7 Å². The van der Waals surface area contributed by atoms with Crippen molar-refractivity contribution in [3.05, 3.63) is 82.4 Å². The molecular formula is C29H26ClF3N2O5. The van der Waals surface area contributed by atoms with Crippen molar-refractivity contribution in [2.45, 2.75) is 37.4 Å². The fraction of sp³-hybridized carbons (Fsp3) is 0.310. The van der Waals surface area contributed by atoms with Crippen LogP contribution in [0.3, 0.4) is 0 Å². The van der Waals surface area contributed by atoms with E-state index in [1.54, 1.807) is 18.2 Å². The Morgan fingerprint density at radius 1 is 1.02 bits per heavy atom. The molecule has 11 heteroatoms.